The van der Waals surface area contributed by atoms with Crippen LogP contribution in [-0.4, -0.2) is 20.5 Å². The first kappa shape index (κ1) is 15.0. The first-order valence-corrected chi connectivity index (χ1v) is 8.08. The highest BCUT2D eigenvalue weighted by Gasteiger charge is 2.25. The molecule has 1 unspecified atom stereocenters. The molecule has 1 aliphatic heterocycles. The van der Waals surface area contributed by atoms with E-state index < -0.39 is 0 Å². The molecule has 0 amide bonds. The average molecular weight is 341 g/mol. The summed E-state index contributed by atoms with van der Waals surface area (Å²) < 4.78 is 16.2. The molecule has 0 spiro atoms. The highest BCUT2D eigenvalue weighted by molar-refractivity contribution is 6.20. The molecular weight excluding hydrogens is 327 g/mol. The van der Waals surface area contributed by atoms with Gasteiger partial charge in [-0.2, -0.15) is 0 Å². The van der Waals surface area contributed by atoms with E-state index in [0.717, 1.165) is 11.3 Å². The zero-order chi connectivity index (χ0) is 16.7. The molecule has 4 nitrogen and oxygen atoms in total. The van der Waals surface area contributed by atoms with Crippen LogP contribution < -0.4 is 0 Å². The molecule has 0 saturated heterocycles. The lowest BCUT2D eigenvalue weighted by Gasteiger charge is -2.14. The maximum absolute atomic E-state index is 14.3. The monoisotopic (exact) mass is 340 g/mol. The van der Waals surface area contributed by atoms with Crippen LogP contribution >= 0.6 is 11.6 Å². The Balaban J connectivity index is 1.98. The van der Waals surface area contributed by atoms with Crippen molar-refractivity contribution in [3.05, 3.63) is 77.1 Å². The van der Waals surface area contributed by atoms with Crippen molar-refractivity contribution in [2.24, 2.45) is 4.99 Å². The number of aliphatic imine (C=N–C) groups is 1. The van der Waals surface area contributed by atoms with Crippen molar-refractivity contribution in [2.45, 2.75) is 18.8 Å². The topological polar surface area (TPSA) is 43.1 Å². The SMILES string of the molecule is CC(Cl)c1nnc2n1-c1ccccc1C(c1ccccc1F)=NC2. The maximum Gasteiger partial charge on any atom is 0.159 e. The lowest BCUT2D eigenvalue weighted by Crippen LogP contribution is -2.10. The lowest BCUT2D eigenvalue weighted by molar-refractivity contribution is 0.625. The molecule has 0 saturated carbocycles. The molecule has 1 atom stereocenters. The number of benzene rings is 2. The van der Waals surface area contributed by atoms with E-state index in [4.69, 9.17) is 11.6 Å². The number of hydrogen-bond donors (Lipinski definition) is 0. The molecule has 1 aromatic heterocycles. The highest BCUT2D eigenvalue weighted by Crippen LogP contribution is 2.29. The second-order valence-electron chi connectivity index (χ2n) is 5.59. The van der Waals surface area contributed by atoms with E-state index in [1.165, 1.54) is 6.07 Å². The second kappa shape index (κ2) is 5.83. The molecular formula is C18H14ClFN4. The predicted octanol–water partition coefficient (Wildman–Crippen LogP) is 4.06. The minimum atomic E-state index is -0.297. The Labute approximate surface area is 143 Å². The summed E-state index contributed by atoms with van der Waals surface area (Å²) in [5, 5.41) is 8.11. The van der Waals surface area contributed by atoms with E-state index in [1.807, 2.05) is 35.8 Å². The van der Waals surface area contributed by atoms with Gasteiger partial charge in [0.1, 0.15) is 12.4 Å². The van der Waals surface area contributed by atoms with Crippen LogP contribution in [0.4, 0.5) is 4.39 Å². The van der Waals surface area contributed by atoms with Crippen LogP contribution in [0.1, 0.15) is 35.1 Å². The number of para-hydroxylation sites is 1. The normalized spacial score (nSPS) is 14.4. The van der Waals surface area contributed by atoms with Crippen molar-refractivity contribution in [1.82, 2.24) is 14.8 Å². The van der Waals surface area contributed by atoms with Gasteiger partial charge in [-0.05, 0) is 25.1 Å². The number of halogens is 2. The molecule has 4 rings (SSSR count). The van der Waals surface area contributed by atoms with Gasteiger partial charge in [-0.25, -0.2) is 4.39 Å². The van der Waals surface area contributed by atoms with Gasteiger partial charge in [0.25, 0.3) is 0 Å². The third kappa shape index (κ3) is 2.32. The van der Waals surface area contributed by atoms with Crippen LogP contribution in [0, 0.1) is 5.82 Å². The first-order valence-electron chi connectivity index (χ1n) is 7.64. The molecule has 3 aromatic rings. The number of fused-ring (bicyclic) bond motifs is 3. The molecule has 0 bridgehead atoms. The molecule has 2 aromatic carbocycles. The standard InChI is InChI=1S/C18H14ClFN4/c1-11(19)18-23-22-16-10-21-17(12-6-2-4-8-14(12)20)13-7-3-5-9-15(13)24(16)18/h2-9,11H,10H2,1H3. The zero-order valence-electron chi connectivity index (χ0n) is 12.9. The first-order chi connectivity index (χ1) is 11.7. The number of nitrogens with zero attached hydrogens (tertiary/aromatic N) is 4. The summed E-state index contributed by atoms with van der Waals surface area (Å²) in [6, 6.07) is 14.4. The molecule has 0 aliphatic carbocycles. The number of alkyl halides is 1. The van der Waals surface area contributed by atoms with Gasteiger partial charge in [0, 0.05) is 11.1 Å². The van der Waals surface area contributed by atoms with Gasteiger partial charge in [-0.15, -0.1) is 21.8 Å². The van der Waals surface area contributed by atoms with Crippen molar-refractivity contribution in [3.8, 4) is 5.69 Å². The summed E-state index contributed by atoms with van der Waals surface area (Å²) in [5.74, 6) is 1.05. The van der Waals surface area contributed by atoms with Crippen LogP contribution in [-0.2, 0) is 6.54 Å². The summed E-state index contributed by atoms with van der Waals surface area (Å²) in [5.41, 5.74) is 2.78. The molecule has 0 fully saturated rings. The Morgan fingerprint density at radius 3 is 2.50 bits per heavy atom. The molecule has 120 valence electrons. The fourth-order valence-corrected chi connectivity index (χ4v) is 3.08. The van der Waals surface area contributed by atoms with Crippen molar-refractivity contribution < 1.29 is 4.39 Å². The van der Waals surface area contributed by atoms with E-state index in [9.17, 15) is 4.39 Å². The Morgan fingerprint density at radius 1 is 1.04 bits per heavy atom. The maximum atomic E-state index is 14.3. The summed E-state index contributed by atoms with van der Waals surface area (Å²) in [4.78, 5) is 4.62. The van der Waals surface area contributed by atoms with Crippen LogP contribution in [0.3, 0.4) is 0 Å². The quantitative estimate of drug-likeness (QED) is 0.660. The fraction of sp³-hybridized carbons (Fsp3) is 0.167. The highest BCUT2D eigenvalue weighted by atomic mass is 35.5. The van der Waals surface area contributed by atoms with E-state index in [-0.39, 0.29) is 11.2 Å². The number of hydrogen-bond acceptors (Lipinski definition) is 3. The molecule has 0 radical (unpaired) electrons. The second-order valence-corrected chi connectivity index (χ2v) is 6.24. The summed E-state index contributed by atoms with van der Waals surface area (Å²) in [6.07, 6.45) is 0. The summed E-state index contributed by atoms with van der Waals surface area (Å²) in [7, 11) is 0. The molecule has 6 heteroatoms. The van der Waals surface area contributed by atoms with Crippen LogP contribution in [0.5, 0.6) is 0 Å². The third-order valence-electron chi connectivity index (χ3n) is 4.02. The molecule has 2 heterocycles. The smallest absolute Gasteiger partial charge is 0.159 e. The van der Waals surface area contributed by atoms with E-state index in [2.05, 4.69) is 15.2 Å². The van der Waals surface area contributed by atoms with Gasteiger partial charge in [-0.1, -0.05) is 30.3 Å². The molecule has 24 heavy (non-hydrogen) atoms. The predicted molar refractivity (Wildman–Crippen MR) is 91.4 cm³/mol. The molecule has 0 N–H and O–H groups in total. The van der Waals surface area contributed by atoms with Crippen LogP contribution in [0.25, 0.3) is 5.69 Å². The van der Waals surface area contributed by atoms with Gasteiger partial charge < -0.3 is 0 Å². The van der Waals surface area contributed by atoms with Gasteiger partial charge in [0.05, 0.1) is 16.8 Å². The zero-order valence-corrected chi connectivity index (χ0v) is 13.7. The van der Waals surface area contributed by atoms with Crippen molar-refractivity contribution in [2.75, 3.05) is 0 Å². The Hall–Kier alpha value is -2.53. The Kier molecular flexibility index (Phi) is 3.65. The van der Waals surface area contributed by atoms with E-state index in [1.54, 1.807) is 18.2 Å². The van der Waals surface area contributed by atoms with Crippen LogP contribution in [0.2, 0.25) is 0 Å². The number of rotatable bonds is 2. The minimum absolute atomic E-state index is 0.297. The van der Waals surface area contributed by atoms with Gasteiger partial charge in [0.15, 0.2) is 11.6 Å². The lowest BCUT2D eigenvalue weighted by atomic mass is 10.00. The van der Waals surface area contributed by atoms with E-state index >= 15 is 0 Å². The Bertz CT molecular complexity index is 946. The van der Waals surface area contributed by atoms with Crippen molar-refractivity contribution in [1.29, 1.82) is 0 Å². The minimum Gasteiger partial charge on any atom is -0.279 e. The van der Waals surface area contributed by atoms with Gasteiger partial charge >= 0.3 is 0 Å². The van der Waals surface area contributed by atoms with Crippen molar-refractivity contribution >= 4 is 17.3 Å². The Morgan fingerprint density at radius 2 is 1.75 bits per heavy atom. The largest absolute Gasteiger partial charge is 0.279 e. The van der Waals surface area contributed by atoms with Gasteiger partial charge in [-0.3, -0.25) is 9.56 Å². The third-order valence-corrected chi connectivity index (χ3v) is 4.21. The fourth-order valence-electron chi connectivity index (χ4n) is 2.94. The summed E-state index contributed by atoms with van der Waals surface area (Å²) >= 11 is 6.26. The van der Waals surface area contributed by atoms with Crippen molar-refractivity contribution in [3.63, 3.8) is 0 Å². The van der Waals surface area contributed by atoms with E-state index in [0.29, 0.717) is 29.5 Å². The average Bonchev–Trinajstić information content (AvgIpc) is 2.94. The number of aromatic nitrogens is 3. The summed E-state index contributed by atoms with van der Waals surface area (Å²) in [6.45, 7) is 2.17. The van der Waals surface area contributed by atoms with Crippen LogP contribution in [0.15, 0.2) is 53.5 Å². The van der Waals surface area contributed by atoms with Gasteiger partial charge in [0.2, 0.25) is 0 Å². The molecule has 1 aliphatic rings.